The van der Waals surface area contributed by atoms with Crippen molar-refractivity contribution < 1.29 is 22.6 Å². The van der Waals surface area contributed by atoms with Crippen LogP contribution in [0.1, 0.15) is 34.1 Å². The van der Waals surface area contributed by atoms with Gasteiger partial charge in [0.1, 0.15) is 0 Å². The van der Waals surface area contributed by atoms with Crippen LogP contribution in [0.25, 0.3) is 0 Å². The minimum atomic E-state index is -4.58. The fraction of sp³-hybridized carbons (Fsp3) is 1.00. The molecule has 0 saturated heterocycles. The monoisotopic (exact) mass is 214 g/mol. The topological polar surface area (TPSA) is 18.5 Å². The van der Waals surface area contributed by atoms with E-state index >= 15 is 0 Å². The maximum absolute atomic E-state index is 11.9. The van der Waals surface area contributed by atoms with Crippen molar-refractivity contribution in [2.75, 3.05) is 6.61 Å². The van der Waals surface area contributed by atoms with Crippen molar-refractivity contribution in [2.24, 2.45) is 0 Å². The van der Waals surface area contributed by atoms with Crippen LogP contribution in [-0.2, 0) is 9.47 Å². The Hall–Kier alpha value is -0.290. The van der Waals surface area contributed by atoms with Gasteiger partial charge in [-0.15, -0.1) is 13.2 Å². The number of alkyl halides is 3. The highest BCUT2D eigenvalue weighted by Gasteiger charge is 2.37. The second kappa shape index (κ2) is 4.98. The minimum absolute atomic E-state index is 0.0247. The summed E-state index contributed by atoms with van der Waals surface area (Å²) in [6, 6.07) is 0. The summed E-state index contributed by atoms with van der Waals surface area (Å²) in [5.41, 5.74) is -1.23. The quantitative estimate of drug-likeness (QED) is 0.700. The summed E-state index contributed by atoms with van der Waals surface area (Å²) in [7, 11) is 0. The van der Waals surface area contributed by atoms with E-state index in [1.807, 2.05) is 13.8 Å². The van der Waals surface area contributed by atoms with Gasteiger partial charge in [-0.3, -0.25) is 4.74 Å². The molecule has 5 heteroatoms. The fourth-order valence-corrected chi connectivity index (χ4v) is 0.905. The lowest BCUT2D eigenvalue weighted by atomic mass is 10.1. The maximum atomic E-state index is 11.9. The molecule has 2 nitrogen and oxygen atoms in total. The van der Waals surface area contributed by atoms with Crippen molar-refractivity contribution in [3.05, 3.63) is 0 Å². The first-order chi connectivity index (χ1) is 6.12. The first kappa shape index (κ1) is 13.7. The van der Waals surface area contributed by atoms with Crippen LogP contribution >= 0.6 is 0 Å². The standard InChI is InChI=1S/C9H17F3O2/c1-7(2)13-6-5-8(3,4)14-9(10,11)12/h7H,5-6H2,1-4H3. The zero-order valence-electron chi connectivity index (χ0n) is 8.94. The molecule has 0 saturated carbocycles. The van der Waals surface area contributed by atoms with Crippen LogP contribution in [0.5, 0.6) is 0 Å². The van der Waals surface area contributed by atoms with Gasteiger partial charge < -0.3 is 4.74 Å². The van der Waals surface area contributed by atoms with Crippen molar-refractivity contribution in [1.29, 1.82) is 0 Å². The van der Waals surface area contributed by atoms with E-state index in [1.54, 1.807) is 0 Å². The predicted molar refractivity (Wildman–Crippen MR) is 46.9 cm³/mol. The first-order valence-electron chi connectivity index (χ1n) is 4.51. The molecule has 0 rings (SSSR count). The van der Waals surface area contributed by atoms with Gasteiger partial charge in [0.25, 0.3) is 0 Å². The summed E-state index contributed by atoms with van der Waals surface area (Å²) >= 11 is 0. The van der Waals surface area contributed by atoms with E-state index in [2.05, 4.69) is 4.74 Å². The average molecular weight is 214 g/mol. The molecule has 14 heavy (non-hydrogen) atoms. The predicted octanol–water partition coefficient (Wildman–Crippen LogP) is 3.12. The molecule has 86 valence electrons. The molecular weight excluding hydrogens is 197 g/mol. The zero-order chi connectivity index (χ0) is 11.4. The van der Waals surface area contributed by atoms with Gasteiger partial charge in [-0.2, -0.15) is 0 Å². The summed E-state index contributed by atoms with van der Waals surface area (Å²) < 4.78 is 44.7. The van der Waals surface area contributed by atoms with Crippen molar-refractivity contribution in [1.82, 2.24) is 0 Å². The Morgan fingerprint density at radius 1 is 1.14 bits per heavy atom. The number of hydrogen-bond donors (Lipinski definition) is 0. The molecule has 0 atom stereocenters. The molecule has 0 fully saturated rings. The molecule has 0 N–H and O–H groups in total. The lowest BCUT2D eigenvalue weighted by Gasteiger charge is -2.26. The molecule has 0 radical (unpaired) electrons. The average Bonchev–Trinajstić information content (AvgIpc) is 1.78. The Kier molecular flexibility index (Phi) is 4.88. The second-order valence-corrected chi connectivity index (χ2v) is 3.98. The molecular formula is C9H17F3O2. The van der Waals surface area contributed by atoms with Crippen molar-refractivity contribution >= 4 is 0 Å². The molecule has 0 aromatic carbocycles. The van der Waals surface area contributed by atoms with Crippen LogP contribution in [0.3, 0.4) is 0 Å². The van der Waals surface area contributed by atoms with Crippen molar-refractivity contribution in [3.8, 4) is 0 Å². The lowest BCUT2D eigenvalue weighted by Crippen LogP contribution is -2.33. The van der Waals surface area contributed by atoms with Crippen LogP contribution in [0.2, 0.25) is 0 Å². The lowest BCUT2D eigenvalue weighted by molar-refractivity contribution is -0.362. The summed E-state index contributed by atoms with van der Waals surface area (Å²) in [6.45, 7) is 6.71. The summed E-state index contributed by atoms with van der Waals surface area (Å²) in [4.78, 5) is 0. The first-order valence-corrected chi connectivity index (χ1v) is 4.51. The van der Waals surface area contributed by atoms with Gasteiger partial charge in [-0.25, -0.2) is 0 Å². The van der Waals surface area contributed by atoms with Gasteiger partial charge in [0.2, 0.25) is 0 Å². The number of rotatable bonds is 5. The highest BCUT2D eigenvalue weighted by molar-refractivity contribution is 4.68. The highest BCUT2D eigenvalue weighted by Crippen LogP contribution is 2.27. The molecule has 0 amide bonds. The summed E-state index contributed by atoms with van der Waals surface area (Å²) in [5, 5.41) is 0. The third-order valence-electron chi connectivity index (χ3n) is 1.55. The zero-order valence-corrected chi connectivity index (χ0v) is 8.94. The van der Waals surface area contributed by atoms with E-state index in [0.717, 1.165) is 0 Å². The molecule has 0 spiro atoms. The van der Waals surface area contributed by atoms with Gasteiger partial charge >= 0.3 is 6.36 Å². The van der Waals surface area contributed by atoms with Gasteiger partial charge in [0.05, 0.1) is 11.7 Å². The van der Waals surface area contributed by atoms with Crippen LogP contribution in [0.4, 0.5) is 13.2 Å². The van der Waals surface area contributed by atoms with Gasteiger partial charge in [-0.05, 0) is 34.1 Å². The second-order valence-electron chi connectivity index (χ2n) is 3.98. The highest BCUT2D eigenvalue weighted by atomic mass is 19.4. The third kappa shape index (κ3) is 8.31. The maximum Gasteiger partial charge on any atom is 0.523 e. The molecule has 0 aromatic heterocycles. The Morgan fingerprint density at radius 2 is 1.64 bits per heavy atom. The van der Waals surface area contributed by atoms with Crippen LogP contribution in [0, 0.1) is 0 Å². The molecule has 0 aliphatic carbocycles. The molecule has 0 unspecified atom stereocenters. The third-order valence-corrected chi connectivity index (χ3v) is 1.55. The van der Waals surface area contributed by atoms with Crippen molar-refractivity contribution in [3.63, 3.8) is 0 Å². The van der Waals surface area contributed by atoms with Crippen LogP contribution < -0.4 is 0 Å². The van der Waals surface area contributed by atoms with Gasteiger partial charge in [0, 0.05) is 6.61 Å². The molecule has 0 aromatic rings. The molecule has 0 aliphatic heterocycles. The number of ether oxygens (including phenoxy) is 2. The van der Waals surface area contributed by atoms with Gasteiger partial charge in [0.15, 0.2) is 0 Å². The number of halogens is 3. The van der Waals surface area contributed by atoms with E-state index in [1.165, 1.54) is 13.8 Å². The van der Waals surface area contributed by atoms with Crippen LogP contribution in [0.15, 0.2) is 0 Å². The van der Waals surface area contributed by atoms with Gasteiger partial charge in [-0.1, -0.05) is 0 Å². The van der Waals surface area contributed by atoms with Crippen molar-refractivity contribution in [2.45, 2.75) is 52.2 Å². The molecule has 0 heterocycles. The minimum Gasteiger partial charge on any atom is -0.379 e. The Morgan fingerprint density at radius 3 is 2.00 bits per heavy atom. The Bertz CT molecular complexity index is 164. The summed E-state index contributed by atoms with van der Waals surface area (Å²) in [6.07, 6.45) is -4.34. The molecule has 0 bridgehead atoms. The largest absolute Gasteiger partial charge is 0.523 e. The number of hydrogen-bond acceptors (Lipinski definition) is 2. The van der Waals surface area contributed by atoms with E-state index in [4.69, 9.17) is 4.74 Å². The smallest absolute Gasteiger partial charge is 0.379 e. The van der Waals surface area contributed by atoms with E-state index in [-0.39, 0.29) is 19.1 Å². The Balaban J connectivity index is 3.84. The van der Waals surface area contributed by atoms with E-state index in [0.29, 0.717) is 0 Å². The van der Waals surface area contributed by atoms with E-state index in [9.17, 15) is 13.2 Å². The Labute approximate surface area is 82.4 Å². The fourth-order valence-electron chi connectivity index (χ4n) is 0.905. The summed E-state index contributed by atoms with van der Waals surface area (Å²) in [5.74, 6) is 0. The normalized spacial score (nSPS) is 13.7. The van der Waals surface area contributed by atoms with Crippen LogP contribution in [-0.4, -0.2) is 24.7 Å². The van der Waals surface area contributed by atoms with E-state index < -0.39 is 12.0 Å². The SMILES string of the molecule is CC(C)OCCC(C)(C)OC(F)(F)F. The molecule has 0 aliphatic rings.